The third kappa shape index (κ3) is 9.08. The minimum atomic E-state index is 0.489. The minimum Gasteiger partial charge on any atom is -0.299 e. The zero-order valence-electron chi connectivity index (χ0n) is 8.28. The molecule has 0 unspecified atom stereocenters. The van der Waals surface area contributed by atoms with Crippen molar-refractivity contribution in [2.24, 2.45) is 11.8 Å². The van der Waals surface area contributed by atoms with Crippen LogP contribution in [0.25, 0.3) is 0 Å². The van der Waals surface area contributed by atoms with Crippen LogP contribution in [0.2, 0.25) is 0 Å². The average Bonchev–Trinajstić information content (AvgIpc) is 1.95. The van der Waals surface area contributed by atoms with Gasteiger partial charge in [-0.1, -0.05) is 27.7 Å². The first-order valence-electron chi connectivity index (χ1n) is 4.28. The maximum absolute atomic E-state index is 4.73. The van der Waals surface area contributed by atoms with E-state index in [2.05, 4.69) is 27.7 Å². The molecule has 70 valence electrons. The van der Waals surface area contributed by atoms with E-state index in [-0.39, 0.29) is 0 Å². The van der Waals surface area contributed by atoms with Gasteiger partial charge in [0, 0.05) is 0 Å². The summed E-state index contributed by atoms with van der Waals surface area (Å²) < 4.78 is 0. The molecule has 0 aliphatic heterocycles. The SMILES string of the molecule is CC(C)/C=C/OO/C=C/C(C)C. The lowest BCUT2D eigenvalue weighted by atomic mass is 10.2. The predicted molar refractivity (Wildman–Crippen MR) is 50.1 cm³/mol. The van der Waals surface area contributed by atoms with Gasteiger partial charge in [-0.25, -0.2) is 0 Å². The molecule has 0 aliphatic rings. The summed E-state index contributed by atoms with van der Waals surface area (Å²) in [5.41, 5.74) is 0. The summed E-state index contributed by atoms with van der Waals surface area (Å²) in [4.78, 5) is 9.46. The van der Waals surface area contributed by atoms with E-state index in [0.717, 1.165) is 0 Å². The second-order valence-electron chi connectivity index (χ2n) is 3.34. The second kappa shape index (κ2) is 6.77. The van der Waals surface area contributed by atoms with E-state index in [0.29, 0.717) is 11.8 Å². The van der Waals surface area contributed by atoms with Crippen molar-refractivity contribution < 1.29 is 9.78 Å². The van der Waals surface area contributed by atoms with Crippen LogP contribution in [0, 0.1) is 11.8 Å². The molecule has 0 heterocycles. The summed E-state index contributed by atoms with van der Waals surface area (Å²) in [6.45, 7) is 8.29. The Morgan fingerprint density at radius 2 is 1.08 bits per heavy atom. The highest BCUT2D eigenvalue weighted by molar-refractivity contribution is 4.78. The fraction of sp³-hybridized carbons (Fsp3) is 0.600. The van der Waals surface area contributed by atoms with Crippen molar-refractivity contribution in [1.82, 2.24) is 0 Å². The molecule has 0 radical (unpaired) electrons. The third-order valence-electron chi connectivity index (χ3n) is 1.09. The van der Waals surface area contributed by atoms with Gasteiger partial charge in [-0.05, 0) is 24.0 Å². The van der Waals surface area contributed by atoms with Crippen molar-refractivity contribution in [2.75, 3.05) is 0 Å². The molecule has 12 heavy (non-hydrogen) atoms. The van der Waals surface area contributed by atoms with Gasteiger partial charge in [0.2, 0.25) is 0 Å². The topological polar surface area (TPSA) is 18.5 Å². The van der Waals surface area contributed by atoms with Crippen LogP contribution in [0.3, 0.4) is 0 Å². The summed E-state index contributed by atoms with van der Waals surface area (Å²) in [7, 11) is 0. The molecule has 0 N–H and O–H groups in total. The van der Waals surface area contributed by atoms with E-state index in [4.69, 9.17) is 9.78 Å². The molecule has 0 saturated carbocycles. The Labute approximate surface area is 74.8 Å². The fourth-order valence-electron chi connectivity index (χ4n) is 0.443. The number of hydrogen-bond acceptors (Lipinski definition) is 2. The van der Waals surface area contributed by atoms with Gasteiger partial charge in [-0.2, -0.15) is 0 Å². The molecule has 0 fully saturated rings. The predicted octanol–water partition coefficient (Wildman–Crippen LogP) is 3.27. The van der Waals surface area contributed by atoms with Gasteiger partial charge >= 0.3 is 0 Å². The Balaban J connectivity index is 3.32. The van der Waals surface area contributed by atoms with Gasteiger partial charge in [0.25, 0.3) is 0 Å². The van der Waals surface area contributed by atoms with Crippen molar-refractivity contribution in [3.8, 4) is 0 Å². The van der Waals surface area contributed by atoms with Crippen LogP contribution in [-0.2, 0) is 9.78 Å². The van der Waals surface area contributed by atoms with Crippen LogP contribution < -0.4 is 0 Å². The quantitative estimate of drug-likeness (QED) is 0.273. The summed E-state index contributed by atoms with van der Waals surface area (Å²) in [6, 6.07) is 0. The van der Waals surface area contributed by atoms with E-state index < -0.39 is 0 Å². The highest BCUT2D eigenvalue weighted by Gasteiger charge is 1.84. The zero-order chi connectivity index (χ0) is 9.40. The molecule has 0 atom stereocenters. The first kappa shape index (κ1) is 11.1. The Morgan fingerprint density at radius 3 is 1.33 bits per heavy atom. The molecule has 0 aromatic heterocycles. The first-order chi connectivity index (χ1) is 5.63. The van der Waals surface area contributed by atoms with Crippen molar-refractivity contribution in [3.05, 3.63) is 24.7 Å². The molecule has 0 aromatic rings. The minimum absolute atomic E-state index is 0.489. The molecule has 2 nitrogen and oxygen atoms in total. The van der Waals surface area contributed by atoms with E-state index in [1.807, 2.05) is 12.2 Å². The normalized spacial score (nSPS) is 12.2. The van der Waals surface area contributed by atoms with Gasteiger partial charge in [0.1, 0.15) is 12.5 Å². The smallest absolute Gasteiger partial charge is 0.139 e. The zero-order valence-corrected chi connectivity index (χ0v) is 8.28. The van der Waals surface area contributed by atoms with Gasteiger partial charge in [-0.3, -0.25) is 9.78 Å². The third-order valence-corrected chi connectivity index (χ3v) is 1.09. The molecule has 0 spiro atoms. The second-order valence-corrected chi connectivity index (χ2v) is 3.34. The first-order valence-corrected chi connectivity index (χ1v) is 4.28. The highest BCUT2D eigenvalue weighted by Crippen LogP contribution is 1.96. The van der Waals surface area contributed by atoms with Crippen molar-refractivity contribution in [3.63, 3.8) is 0 Å². The van der Waals surface area contributed by atoms with Gasteiger partial charge in [0.05, 0.1) is 0 Å². The Bertz CT molecular complexity index is 128. The maximum atomic E-state index is 4.73. The lowest BCUT2D eigenvalue weighted by Crippen LogP contribution is -1.83. The van der Waals surface area contributed by atoms with E-state index >= 15 is 0 Å². The standard InChI is InChI=1S/C10H18O2/c1-9(2)5-7-11-12-8-6-10(3)4/h5-10H,1-4H3/b7-5+,8-6+. The van der Waals surface area contributed by atoms with E-state index in [1.165, 1.54) is 0 Å². The van der Waals surface area contributed by atoms with Gasteiger partial charge < -0.3 is 0 Å². The van der Waals surface area contributed by atoms with Crippen molar-refractivity contribution in [1.29, 1.82) is 0 Å². The maximum Gasteiger partial charge on any atom is 0.139 e. The summed E-state index contributed by atoms with van der Waals surface area (Å²) in [6.07, 6.45) is 6.94. The molecule has 0 amide bonds. The van der Waals surface area contributed by atoms with Gasteiger partial charge in [-0.15, -0.1) is 0 Å². The molecule has 2 heteroatoms. The van der Waals surface area contributed by atoms with Crippen LogP contribution in [0.15, 0.2) is 24.7 Å². The Morgan fingerprint density at radius 1 is 0.750 bits per heavy atom. The monoisotopic (exact) mass is 170 g/mol. The average molecular weight is 170 g/mol. The lowest BCUT2D eigenvalue weighted by Gasteiger charge is -1.97. The van der Waals surface area contributed by atoms with Crippen LogP contribution in [0.1, 0.15) is 27.7 Å². The molecule has 0 saturated heterocycles. The molecule has 0 bridgehead atoms. The molecule has 0 aliphatic carbocycles. The molecule has 0 aromatic carbocycles. The molecular formula is C10H18O2. The number of allylic oxidation sites excluding steroid dienone is 2. The molecule has 0 rings (SSSR count). The Hall–Kier alpha value is -0.920. The van der Waals surface area contributed by atoms with Crippen molar-refractivity contribution in [2.45, 2.75) is 27.7 Å². The lowest BCUT2D eigenvalue weighted by molar-refractivity contribution is -0.196. The van der Waals surface area contributed by atoms with Crippen molar-refractivity contribution >= 4 is 0 Å². The highest BCUT2D eigenvalue weighted by atomic mass is 17.2. The number of rotatable bonds is 5. The molecular weight excluding hydrogens is 152 g/mol. The summed E-state index contributed by atoms with van der Waals surface area (Å²) in [5, 5.41) is 0. The van der Waals surface area contributed by atoms with Crippen LogP contribution >= 0.6 is 0 Å². The largest absolute Gasteiger partial charge is 0.299 e. The van der Waals surface area contributed by atoms with E-state index in [9.17, 15) is 0 Å². The van der Waals surface area contributed by atoms with Crippen LogP contribution in [0.5, 0.6) is 0 Å². The number of hydrogen-bond donors (Lipinski definition) is 0. The van der Waals surface area contributed by atoms with Crippen LogP contribution in [0.4, 0.5) is 0 Å². The Kier molecular flexibility index (Phi) is 6.25. The fourth-order valence-corrected chi connectivity index (χ4v) is 0.443. The summed E-state index contributed by atoms with van der Waals surface area (Å²) in [5.74, 6) is 0.977. The van der Waals surface area contributed by atoms with E-state index in [1.54, 1.807) is 12.5 Å². The summed E-state index contributed by atoms with van der Waals surface area (Å²) >= 11 is 0. The van der Waals surface area contributed by atoms with Gasteiger partial charge in [0.15, 0.2) is 0 Å². The van der Waals surface area contributed by atoms with Crippen LogP contribution in [-0.4, -0.2) is 0 Å².